The van der Waals surface area contributed by atoms with Crippen molar-refractivity contribution < 1.29 is 23.8 Å². The first-order chi connectivity index (χ1) is 14.9. The Balaban J connectivity index is 1.92. The summed E-state index contributed by atoms with van der Waals surface area (Å²) in [5.74, 6) is -1.88. The number of methoxy groups -OCH3 is 1. The van der Waals surface area contributed by atoms with Gasteiger partial charge in [0.1, 0.15) is 17.3 Å². The number of amides is 1. The van der Waals surface area contributed by atoms with Gasteiger partial charge in [-0.1, -0.05) is 35.9 Å². The minimum Gasteiger partial charge on any atom is -0.507 e. The first-order valence-corrected chi connectivity index (χ1v) is 9.75. The maximum atomic E-state index is 13.6. The number of halogens is 2. The van der Waals surface area contributed by atoms with E-state index in [1.165, 1.54) is 42.3 Å². The van der Waals surface area contributed by atoms with Crippen molar-refractivity contribution in [2.24, 2.45) is 0 Å². The van der Waals surface area contributed by atoms with Crippen LogP contribution in [0, 0.1) is 5.82 Å². The largest absolute Gasteiger partial charge is 0.507 e. The molecule has 0 aromatic heterocycles. The van der Waals surface area contributed by atoms with Crippen LogP contribution in [0.5, 0.6) is 5.75 Å². The second-order valence-corrected chi connectivity index (χ2v) is 7.37. The molecule has 3 aromatic carbocycles. The van der Waals surface area contributed by atoms with E-state index < -0.39 is 23.5 Å². The molecule has 1 unspecified atom stereocenters. The molecule has 1 atom stereocenters. The van der Waals surface area contributed by atoms with Crippen molar-refractivity contribution in [2.45, 2.75) is 6.04 Å². The number of aliphatic hydroxyl groups is 1. The monoisotopic (exact) mass is 437 g/mol. The van der Waals surface area contributed by atoms with Crippen molar-refractivity contribution >= 4 is 34.7 Å². The van der Waals surface area contributed by atoms with Gasteiger partial charge in [-0.2, -0.15) is 0 Å². The van der Waals surface area contributed by atoms with Crippen molar-refractivity contribution in [2.75, 3.05) is 12.0 Å². The molecular weight excluding hydrogens is 421 g/mol. The zero-order chi connectivity index (χ0) is 22.1. The molecule has 1 saturated heterocycles. The molecule has 31 heavy (non-hydrogen) atoms. The van der Waals surface area contributed by atoms with Gasteiger partial charge in [0, 0.05) is 16.3 Å². The molecule has 1 N–H and O–H groups in total. The van der Waals surface area contributed by atoms with Crippen LogP contribution in [0.3, 0.4) is 0 Å². The van der Waals surface area contributed by atoms with Crippen molar-refractivity contribution in [1.82, 2.24) is 0 Å². The Hall–Kier alpha value is -3.64. The number of ether oxygens (including phenoxy) is 1. The quantitative estimate of drug-likeness (QED) is 0.350. The van der Waals surface area contributed by atoms with Gasteiger partial charge in [0.2, 0.25) is 0 Å². The third-order valence-corrected chi connectivity index (χ3v) is 5.31. The fraction of sp³-hybridized carbons (Fsp3) is 0.0833. The zero-order valence-corrected chi connectivity index (χ0v) is 17.1. The van der Waals surface area contributed by atoms with Crippen LogP contribution >= 0.6 is 11.6 Å². The average molecular weight is 438 g/mol. The maximum Gasteiger partial charge on any atom is 0.300 e. The predicted molar refractivity (Wildman–Crippen MR) is 116 cm³/mol. The van der Waals surface area contributed by atoms with Crippen LogP contribution < -0.4 is 9.64 Å². The van der Waals surface area contributed by atoms with Crippen LogP contribution in [-0.2, 0) is 9.59 Å². The molecule has 1 fully saturated rings. The average Bonchev–Trinajstić information content (AvgIpc) is 3.04. The molecule has 0 radical (unpaired) electrons. The number of carbonyl (C=O) groups excluding carboxylic acids is 2. The van der Waals surface area contributed by atoms with Crippen LogP contribution in [0.1, 0.15) is 17.2 Å². The van der Waals surface area contributed by atoms with Gasteiger partial charge in [-0.25, -0.2) is 4.39 Å². The Morgan fingerprint density at radius 3 is 2.32 bits per heavy atom. The van der Waals surface area contributed by atoms with E-state index in [1.807, 2.05) is 0 Å². The number of nitrogens with zero attached hydrogens (tertiary/aromatic N) is 1. The fourth-order valence-electron chi connectivity index (χ4n) is 3.59. The van der Waals surface area contributed by atoms with E-state index >= 15 is 0 Å². The number of Topliss-reactive ketones (excluding diaryl/α,β-unsaturated/α-hetero) is 1. The van der Waals surface area contributed by atoms with E-state index in [0.29, 0.717) is 27.6 Å². The molecule has 3 aromatic rings. The highest BCUT2D eigenvalue weighted by atomic mass is 35.5. The molecule has 156 valence electrons. The van der Waals surface area contributed by atoms with E-state index in [1.54, 1.807) is 42.5 Å². The lowest BCUT2D eigenvalue weighted by Gasteiger charge is -2.25. The number of ketones is 1. The Bertz CT molecular complexity index is 1190. The van der Waals surface area contributed by atoms with Crippen LogP contribution in [0.25, 0.3) is 5.76 Å². The molecule has 5 nitrogen and oxygen atoms in total. The molecule has 1 aliphatic heterocycles. The third-order valence-electron chi connectivity index (χ3n) is 5.08. The summed E-state index contributed by atoms with van der Waals surface area (Å²) in [7, 11) is 1.52. The zero-order valence-electron chi connectivity index (χ0n) is 16.4. The smallest absolute Gasteiger partial charge is 0.300 e. The summed E-state index contributed by atoms with van der Waals surface area (Å²) in [5, 5.41) is 11.4. The van der Waals surface area contributed by atoms with E-state index in [2.05, 4.69) is 0 Å². The van der Waals surface area contributed by atoms with Gasteiger partial charge in [-0.05, 0) is 54.1 Å². The molecule has 1 amide bonds. The van der Waals surface area contributed by atoms with E-state index in [-0.39, 0.29) is 11.3 Å². The molecule has 4 rings (SSSR count). The maximum absolute atomic E-state index is 13.6. The molecular formula is C24H17ClFNO4. The first kappa shape index (κ1) is 20.6. The van der Waals surface area contributed by atoms with Crippen LogP contribution in [0.2, 0.25) is 5.02 Å². The molecule has 1 aliphatic rings. The molecule has 0 bridgehead atoms. The van der Waals surface area contributed by atoms with Crippen LogP contribution in [-0.4, -0.2) is 23.9 Å². The van der Waals surface area contributed by atoms with Gasteiger partial charge in [0.05, 0.1) is 18.7 Å². The first-order valence-electron chi connectivity index (χ1n) is 9.37. The Morgan fingerprint density at radius 1 is 1.03 bits per heavy atom. The van der Waals surface area contributed by atoms with Gasteiger partial charge in [0.15, 0.2) is 0 Å². The van der Waals surface area contributed by atoms with Crippen molar-refractivity contribution in [3.05, 3.63) is 100 Å². The number of aliphatic hydroxyl groups excluding tert-OH is 1. The highest BCUT2D eigenvalue weighted by Gasteiger charge is 2.47. The van der Waals surface area contributed by atoms with Gasteiger partial charge in [0.25, 0.3) is 11.7 Å². The van der Waals surface area contributed by atoms with Gasteiger partial charge in [-0.15, -0.1) is 0 Å². The van der Waals surface area contributed by atoms with Gasteiger partial charge >= 0.3 is 0 Å². The van der Waals surface area contributed by atoms with E-state index in [4.69, 9.17) is 16.3 Å². The lowest BCUT2D eigenvalue weighted by Crippen LogP contribution is -2.29. The summed E-state index contributed by atoms with van der Waals surface area (Å²) < 4.78 is 18.7. The molecule has 0 spiro atoms. The fourth-order valence-corrected chi connectivity index (χ4v) is 3.78. The van der Waals surface area contributed by atoms with Crippen molar-refractivity contribution in [1.29, 1.82) is 0 Å². The second kappa shape index (κ2) is 8.24. The molecule has 0 aliphatic carbocycles. The van der Waals surface area contributed by atoms with Crippen molar-refractivity contribution in [3.8, 4) is 5.75 Å². The predicted octanol–water partition coefficient (Wildman–Crippen LogP) is 5.11. The van der Waals surface area contributed by atoms with Crippen LogP contribution in [0.15, 0.2) is 78.4 Å². The number of anilines is 1. The minimum absolute atomic E-state index is 0.102. The number of hydrogen-bond acceptors (Lipinski definition) is 4. The van der Waals surface area contributed by atoms with Crippen molar-refractivity contribution in [3.63, 3.8) is 0 Å². The normalized spacial score (nSPS) is 17.8. The van der Waals surface area contributed by atoms with E-state index in [9.17, 15) is 19.1 Å². The third kappa shape index (κ3) is 3.78. The highest BCUT2D eigenvalue weighted by molar-refractivity contribution is 6.51. The molecule has 0 saturated carbocycles. The Kier molecular flexibility index (Phi) is 5.48. The minimum atomic E-state index is -0.951. The summed E-state index contributed by atoms with van der Waals surface area (Å²) in [4.78, 5) is 27.3. The van der Waals surface area contributed by atoms with Gasteiger partial charge < -0.3 is 9.84 Å². The Labute approximate surface area is 182 Å². The topological polar surface area (TPSA) is 66.8 Å². The summed E-state index contributed by atoms with van der Waals surface area (Å²) >= 11 is 6.04. The standard InChI is InChI=1S/C24H17ClFNO4/c1-31-19-11-9-18(10-12-19)27-21(14-5-7-17(26)8-6-14)20(23(29)24(27)30)22(28)15-3-2-4-16(25)13-15/h2-13,21,28H,1H3/b22-20-. The Morgan fingerprint density at radius 2 is 1.71 bits per heavy atom. The number of carbonyl (C=O) groups is 2. The summed E-state index contributed by atoms with van der Waals surface area (Å²) in [6.07, 6.45) is 0. The van der Waals surface area contributed by atoms with E-state index in [0.717, 1.165) is 0 Å². The molecule has 7 heteroatoms. The number of benzene rings is 3. The van der Waals surface area contributed by atoms with Gasteiger partial charge in [-0.3, -0.25) is 14.5 Å². The number of hydrogen-bond donors (Lipinski definition) is 1. The number of rotatable bonds is 4. The second-order valence-electron chi connectivity index (χ2n) is 6.93. The highest BCUT2D eigenvalue weighted by Crippen LogP contribution is 2.42. The summed E-state index contributed by atoms with van der Waals surface area (Å²) in [6, 6.07) is 17.4. The lowest BCUT2D eigenvalue weighted by molar-refractivity contribution is -0.132. The summed E-state index contributed by atoms with van der Waals surface area (Å²) in [6.45, 7) is 0. The lowest BCUT2D eigenvalue weighted by atomic mass is 9.95. The summed E-state index contributed by atoms with van der Waals surface area (Å²) in [5.41, 5.74) is 1.10. The molecule has 1 heterocycles. The van der Waals surface area contributed by atoms with Crippen LogP contribution in [0.4, 0.5) is 10.1 Å². The SMILES string of the molecule is COc1ccc(N2C(=O)C(=O)/C(=C(\O)c3cccc(Cl)c3)C2c2ccc(F)cc2)cc1.